The molecule has 1 heterocycles. The van der Waals surface area contributed by atoms with Gasteiger partial charge in [0.2, 0.25) is 0 Å². The molecule has 1 saturated carbocycles. The molecule has 1 aromatic rings. The van der Waals surface area contributed by atoms with E-state index in [4.69, 9.17) is 4.74 Å². The average Bonchev–Trinajstić information content (AvgIpc) is 2.86. The van der Waals surface area contributed by atoms with Crippen LogP contribution in [0.4, 0.5) is 0 Å². The molecule has 150 valence electrons. The number of hydrogen-bond donors (Lipinski definition) is 2. The van der Waals surface area contributed by atoms with Gasteiger partial charge >= 0.3 is 0 Å². The highest BCUT2D eigenvalue weighted by atomic mass is 127. The first kappa shape index (κ1) is 23.2. The minimum absolute atomic E-state index is 0. The zero-order chi connectivity index (χ0) is 18.1. The summed E-state index contributed by atoms with van der Waals surface area (Å²) in [5.74, 6) is 0.858. The Morgan fingerprint density at radius 2 is 1.88 bits per heavy atom. The smallest absolute Gasteiger partial charge is 0.190 e. The number of rotatable bonds is 8. The summed E-state index contributed by atoms with van der Waals surface area (Å²) in [6.07, 6.45) is 8.98. The van der Waals surface area contributed by atoms with Crippen molar-refractivity contribution in [3.05, 3.63) is 17.0 Å². The zero-order valence-corrected chi connectivity index (χ0v) is 19.1. The summed E-state index contributed by atoms with van der Waals surface area (Å²) in [6.45, 7) is 6.77. The van der Waals surface area contributed by atoms with Gasteiger partial charge in [0.1, 0.15) is 0 Å². The molecule has 1 aromatic heterocycles. The largest absolute Gasteiger partial charge is 0.378 e. The molecule has 1 aliphatic carbocycles. The van der Waals surface area contributed by atoms with Crippen LogP contribution in [0.2, 0.25) is 0 Å². The molecule has 0 unspecified atom stereocenters. The Bertz CT molecular complexity index is 552. The molecule has 0 saturated heterocycles. The van der Waals surface area contributed by atoms with Crippen molar-refractivity contribution in [1.29, 1.82) is 0 Å². The predicted molar refractivity (Wildman–Crippen MR) is 119 cm³/mol. The Balaban J connectivity index is 0.00000338. The van der Waals surface area contributed by atoms with E-state index in [1.54, 1.807) is 0 Å². The van der Waals surface area contributed by atoms with Crippen LogP contribution in [0.5, 0.6) is 0 Å². The quantitative estimate of drug-likeness (QED) is 0.262. The van der Waals surface area contributed by atoms with Crippen LogP contribution in [0.15, 0.2) is 4.99 Å². The molecular formula is C19H36IN5O. The number of nitrogens with one attached hydrogen (secondary N) is 2. The van der Waals surface area contributed by atoms with Gasteiger partial charge in [0.15, 0.2) is 5.96 Å². The molecule has 26 heavy (non-hydrogen) atoms. The van der Waals surface area contributed by atoms with E-state index in [0.29, 0.717) is 6.10 Å². The van der Waals surface area contributed by atoms with Gasteiger partial charge in [-0.05, 0) is 45.1 Å². The van der Waals surface area contributed by atoms with E-state index >= 15 is 0 Å². The van der Waals surface area contributed by atoms with Gasteiger partial charge in [-0.25, -0.2) is 0 Å². The van der Waals surface area contributed by atoms with Gasteiger partial charge in [0, 0.05) is 39.5 Å². The van der Waals surface area contributed by atoms with Crippen molar-refractivity contribution in [2.45, 2.75) is 64.9 Å². The van der Waals surface area contributed by atoms with Crippen molar-refractivity contribution < 1.29 is 4.74 Å². The molecule has 1 fully saturated rings. The maximum atomic E-state index is 5.96. The second kappa shape index (κ2) is 12.5. The lowest BCUT2D eigenvalue weighted by Crippen LogP contribution is -2.39. The molecule has 7 heteroatoms. The Morgan fingerprint density at radius 3 is 2.50 bits per heavy atom. The van der Waals surface area contributed by atoms with Crippen LogP contribution < -0.4 is 10.6 Å². The fourth-order valence-corrected chi connectivity index (χ4v) is 3.47. The number of aromatic nitrogens is 2. The van der Waals surface area contributed by atoms with Crippen LogP contribution in [0.1, 0.15) is 55.5 Å². The Labute approximate surface area is 175 Å². The van der Waals surface area contributed by atoms with Gasteiger partial charge in [-0.2, -0.15) is 5.10 Å². The van der Waals surface area contributed by atoms with Crippen LogP contribution in [-0.2, 0) is 18.2 Å². The summed E-state index contributed by atoms with van der Waals surface area (Å²) >= 11 is 0. The van der Waals surface area contributed by atoms with Crippen molar-refractivity contribution in [2.24, 2.45) is 12.0 Å². The highest BCUT2D eigenvalue weighted by Crippen LogP contribution is 2.20. The van der Waals surface area contributed by atoms with Crippen LogP contribution in [0.25, 0.3) is 0 Å². The van der Waals surface area contributed by atoms with E-state index in [9.17, 15) is 0 Å². The molecule has 0 bridgehead atoms. The fourth-order valence-electron chi connectivity index (χ4n) is 3.47. The number of halogens is 1. The molecule has 0 aliphatic heterocycles. The molecule has 0 atom stereocenters. The molecule has 0 radical (unpaired) electrons. The van der Waals surface area contributed by atoms with Gasteiger partial charge in [-0.1, -0.05) is 19.3 Å². The standard InChI is InChI=1S/C19H35N5O.HI/c1-15-18(16(2)24(4)23-15)11-13-22-19(20-3)21-12-8-14-25-17-9-6-5-7-10-17;/h17H,5-14H2,1-4H3,(H2,20,21,22);1H. The Kier molecular flexibility index (Phi) is 11.2. The molecule has 2 rings (SSSR count). The third kappa shape index (κ3) is 7.42. The van der Waals surface area contributed by atoms with E-state index in [1.807, 2.05) is 18.8 Å². The van der Waals surface area contributed by atoms with E-state index in [-0.39, 0.29) is 24.0 Å². The van der Waals surface area contributed by atoms with Crippen molar-refractivity contribution >= 4 is 29.9 Å². The van der Waals surface area contributed by atoms with Crippen molar-refractivity contribution in [2.75, 3.05) is 26.7 Å². The second-order valence-corrected chi connectivity index (χ2v) is 6.93. The number of nitrogens with zero attached hydrogens (tertiary/aromatic N) is 3. The first-order chi connectivity index (χ1) is 12.1. The summed E-state index contributed by atoms with van der Waals surface area (Å²) in [5.41, 5.74) is 3.68. The van der Waals surface area contributed by atoms with E-state index < -0.39 is 0 Å². The van der Waals surface area contributed by atoms with E-state index in [2.05, 4.69) is 34.6 Å². The SMILES string of the molecule is CN=C(NCCCOC1CCCCC1)NCCc1c(C)nn(C)c1C.I. The lowest BCUT2D eigenvalue weighted by molar-refractivity contribution is 0.0277. The monoisotopic (exact) mass is 477 g/mol. The van der Waals surface area contributed by atoms with E-state index in [0.717, 1.165) is 44.2 Å². The average molecular weight is 477 g/mol. The molecule has 2 N–H and O–H groups in total. The first-order valence-corrected chi connectivity index (χ1v) is 9.67. The molecule has 0 aromatic carbocycles. The van der Waals surface area contributed by atoms with Crippen LogP contribution >= 0.6 is 24.0 Å². The Morgan fingerprint density at radius 1 is 1.19 bits per heavy atom. The molecule has 1 aliphatic rings. The number of guanidine groups is 1. The first-order valence-electron chi connectivity index (χ1n) is 9.67. The van der Waals surface area contributed by atoms with Crippen LogP contribution in [0.3, 0.4) is 0 Å². The highest BCUT2D eigenvalue weighted by molar-refractivity contribution is 14.0. The molecule has 0 amide bonds. The predicted octanol–water partition coefficient (Wildman–Crippen LogP) is 3.10. The fraction of sp³-hybridized carbons (Fsp3) is 0.789. The highest BCUT2D eigenvalue weighted by Gasteiger charge is 2.13. The van der Waals surface area contributed by atoms with Crippen molar-refractivity contribution in [3.63, 3.8) is 0 Å². The molecule has 0 spiro atoms. The second-order valence-electron chi connectivity index (χ2n) is 6.93. The van der Waals surface area contributed by atoms with Crippen LogP contribution in [0, 0.1) is 13.8 Å². The van der Waals surface area contributed by atoms with Crippen molar-refractivity contribution in [1.82, 2.24) is 20.4 Å². The lowest BCUT2D eigenvalue weighted by atomic mass is 9.98. The van der Waals surface area contributed by atoms with Gasteiger partial charge in [0.25, 0.3) is 0 Å². The normalized spacial score (nSPS) is 15.6. The summed E-state index contributed by atoms with van der Waals surface area (Å²) in [7, 11) is 3.81. The zero-order valence-electron chi connectivity index (χ0n) is 16.8. The maximum Gasteiger partial charge on any atom is 0.190 e. The maximum absolute atomic E-state index is 5.96. The van der Waals surface area contributed by atoms with Gasteiger partial charge in [-0.15, -0.1) is 24.0 Å². The summed E-state index contributed by atoms with van der Waals surface area (Å²) in [4.78, 5) is 4.29. The van der Waals surface area contributed by atoms with Crippen molar-refractivity contribution in [3.8, 4) is 0 Å². The Hall–Kier alpha value is -0.830. The molecule has 6 nitrogen and oxygen atoms in total. The molecular weight excluding hydrogens is 441 g/mol. The summed E-state index contributed by atoms with van der Waals surface area (Å²) < 4.78 is 7.90. The number of aliphatic imine (C=N–C) groups is 1. The summed E-state index contributed by atoms with van der Waals surface area (Å²) in [5, 5.41) is 11.2. The third-order valence-corrected chi connectivity index (χ3v) is 5.07. The topological polar surface area (TPSA) is 63.5 Å². The number of ether oxygens (including phenoxy) is 1. The minimum Gasteiger partial charge on any atom is -0.378 e. The van der Waals surface area contributed by atoms with Gasteiger partial charge < -0.3 is 15.4 Å². The van der Waals surface area contributed by atoms with Gasteiger partial charge in [0.05, 0.1) is 11.8 Å². The number of hydrogen-bond acceptors (Lipinski definition) is 3. The summed E-state index contributed by atoms with van der Waals surface area (Å²) in [6, 6.07) is 0. The van der Waals surface area contributed by atoms with E-state index in [1.165, 1.54) is 43.4 Å². The lowest BCUT2D eigenvalue weighted by Gasteiger charge is -2.22. The third-order valence-electron chi connectivity index (χ3n) is 5.07. The minimum atomic E-state index is 0. The van der Waals surface area contributed by atoms with Crippen LogP contribution in [-0.4, -0.2) is 48.6 Å². The number of aryl methyl sites for hydroxylation is 2. The van der Waals surface area contributed by atoms with Gasteiger partial charge in [-0.3, -0.25) is 9.67 Å².